The van der Waals surface area contributed by atoms with Crippen LogP contribution < -0.4 is 0 Å². The molecule has 0 aliphatic heterocycles. The molecule has 0 fully saturated rings. The van der Waals surface area contributed by atoms with Crippen molar-refractivity contribution in [3.63, 3.8) is 0 Å². The van der Waals surface area contributed by atoms with Crippen LogP contribution >= 0.6 is 0 Å². The third-order valence-corrected chi connectivity index (χ3v) is 2.92. The molecule has 1 N–H and O–H groups in total. The minimum Gasteiger partial charge on any atom is -0.512 e. The van der Waals surface area contributed by atoms with Crippen LogP contribution in [0.25, 0.3) is 22.8 Å². The van der Waals surface area contributed by atoms with Crippen molar-refractivity contribution in [2.75, 3.05) is 0 Å². The van der Waals surface area contributed by atoms with Crippen LogP contribution in [0.15, 0.2) is 77.0 Å². The Morgan fingerprint density at radius 3 is 2.32 bits per heavy atom. The molecule has 0 atom stereocenters. The maximum atomic E-state index is 10.0. The fourth-order valence-corrected chi connectivity index (χ4v) is 1.96. The summed E-state index contributed by atoms with van der Waals surface area (Å²) < 4.78 is 5.71. The number of carbonyl (C=O) groups is 1. The Morgan fingerprint density at radius 1 is 1.12 bits per heavy atom. The van der Waals surface area contributed by atoms with Gasteiger partial charge >= 0.3 is 0 Å². The van der Waals surface area contributed by atoms with Crippen molar-refractivity contribution in [1.82, 2.24) is 4.98 Å². The number of aliphatic hydroxyl groups excluding tert-OH is 1. The van der Waals surface area contributed by atoms with E-state index in [2.05, 4.69) is 11.1 Å². The van der Waals surface area contributed by atoms with Gasteiger partial charge in [-0.2, -0.15) is 0 Å². The SMILES string of the molecule is CC(=O)/C=C(/C)O.[Ir].[c-]1ccccc1-c1ncc(-c2ccccc2)o1. The van der Waals surface area contributed by atoms with Gasteiger partial charge < -0.3 is 9.52 Å². The van der Waals surface area contributed by atoms with Crippen LogP contribution in [0.2, 0.25) is 0 Å². The van der Waals surface area contributed by atoms with E-state index in [1.165, 1.54) is 19.9 Å². The molecule has 0 aliphatic carbocycles. The number of aliphatic hydroxyl groups is 1. The average molecular weight is 513 g/mol. The summed E-state index contributed by atoms with van der Waals surface area (Å²) in [5, 5.41) is 8.36. The van der Waals surface area contributed by atoms with Crippen molar-refractivity contribution >= 4 is 5.78 Å². The van der Waals surface area contributed by atoms with Crippen molar-refractivity contribution in [2.45, 2.75) is 13.8 Å². The van der Waals surface area contributed by atoms with Gasteiger partial charge in [0.15, 0.2) is 5.78 Å². The molecule has 1 aromatic heterocycles. The maximum absolute atomic E-state index is 10.0. The Morgan fingerprint density at radius 2 is 1.80 bits per heavy atom. The average Bonchev–Trinajstić information content (AvgIpc) is 3.06. The van der Waals surface area contributed by atoms with Crippen molar-refractivity contribution in [1.29, 1.82) is 0 Å². The molecule has 0 aliphatic rings. The third-order valence-electron chi connectivity index (χ3n) is 2.92. The van der Waals surface area contributed by atoms with Crippen LogP contribution in [0.1, 0.15) is 13.8 Å². The van der Waals surface area contributed by atoms with Gasteiger partial charge in [0.25, 0.3) is 0 Å². The van der Waals surface area contributed by atoms with Gasteiger partial charge in [-0.15, -0.1) is 30.3 Å². The van der Waals surface area contributed by atoms with E-state index in [1.54, 1.807) is 6.20 Å². The summed E-state index contributed by atoms with van der Waals surface area (Å²) in [4.78, 5) is 14.3. The number of oxazole rings is 1. The van der Waals surface area contributed by atoms with Gasteiger partial charge in [-0.25, -0.2) is 0 Å². The van der Waals surface area contributed by atoms with E-state index in [1.807, 2.05) is 54.6 Å². The van der Waals surface area contributed by atoms with Crippen molar-refractivity contribution in [2.24, 2.45) is 0 Å². The molecule has 0 unspecified atom stereocenters. The number of ketones is 1. The second kappa shape index (κ2) is 10.4. The molecule has 4 nitrogen and oxygen atoms in total. The molecule has 1 heterocycles. The molecule has 0 saturated carbocycles. The molecule has 0 amide bonds. The number of carbonyl (C=O) groups excluding carboxylic acids is 1. The Hall–Kier alpha value is -2.49. The van der Waals surface area contributed by atoms with Gasteiger partial charge in [-0.05, 0) is 13.8 Å². The summed E-state index contributed by atoms with van der Waals surface area (Å²) in [7, 11) is 0. The zero-order chi connectivity index (χ0) is 17.4. The minimum atomic E-state index is -0.125. The number of rotatable bonds is 3. The molecule has 3 rings (SSSR count). The molecule has 5 heteroatoms. The summed E-state index contributed by atoms with van der Waals surface area (Å²) in [5.41, 5.74) is 1.90. The zero-order valence-electron chi connectivity index (χ0n) is 13.9. The molecule has 131 valence electrons. The molecule has 1 radical (unpaired) electrons. The van der Waals surface area contributed by atoms with E-state index in [-0.39, 0.29) is 31.6 Å². The molecular formula is C20H18IrNO3-. The molecule has 3 aromatic rings. The fourth-order valence-electron chi connectivity index (χ4n) is 1.96. The predicted molar refractivity (Wildman–Crippen MR) is 93.3 cm³/mol. The normalized spacial score (nSPS) is 10.2. The van der Waals surface area contributed by atoms with Gasteiger partial charge in [-0.3, -0.25) is 9.78 Å². The van der Waals surface area contributed by atoms with Crippen molar-refractivity contribution < 1.29 is 34.4 Å². The van der Waals surface area contributed by atoms with Crippen LogP contribution in [-0.2, 0) is 24.9 Å². The fraction of sp³-hybridized carbons (Fsp3) is 0.100. The summed E-state index contributed by atoms with van der Waals surface area (Å²) in [6.07, 6.45) is 2.91. The van der Waals surface area contributed by atoms with Gasteiger partial charge in [0.05, 0.1) is 12.0 Å². The summed E-state index contributed by atoms with van der Waals surface area (Å²) in [5.74, 6) is 1.31. The smallest absolute Gasteiger partial charge is 0.155 e. The van der Waals surface area contributed by atoms with Gasteiger partial charge in [0.1, 0.15) is 11.7 Å². The first-order valence-electron chi connectivity index (χ1n) is 7.42. The Balaban J connectivity index is 0.000000339. The van der Waals surface area contributed by atoms with Crippen LogP contribution in [-0.4, -0.2) is 15.9 Å². The largest absolute Gasteiger partial charge is 0.512 e. The number of allylic oxidation sites excluding steroid dienone is 2. The Kier molecular flexibility index (Phi) is 8.54. The van der Waals surface area contributed by atoms with Crippen LogP contribution in [0.4, 0.5) is 0 Å². The first-order chi connectivity index (χ1) is 11.6. The van der Waals surface area contributed by atoms with Gasteiger partial charge in [0.2, 0.25) is 0 Å². The number of benzene rings is 2. The zero-order valence-corrected chi connectivity index (χ0v) is 16.3. The van der Waals surface area contributed by atoms with E-state index in [0.717, 1.165) is 16.9 Å². The summed E-state index contributed by atoms with van der Waals surface area (Å²) in [6, 6.07) is 20.7. The van der Waals surface area contributed by atoms with Crippen molar-refractivity contribution in [3.8, 4) is 22.8 Å². The number of nitrogens with zero attached hydrogens (tertiary/aromatic N) is 1. The van der Waals surface area contributed by atoms with E-state index in [9.17, 15) is 4.79 Å². The standard InChI is InChI=1S/C15H10NO.C5H8O2.Ir/c1-3-7-12(8-4-1)14-11-16-15(17-14)13-9-5-2-6-10-13;1-4(6)3-5(2)7;/h1-9,11H;3,6H,1-2H3;/q-1;;/b;4-3-;. The number of hydrogen-bond acceptors (Lipinski definition) is 4. The molecule has 25 heavy (non-hydrogen) atoms. The van der Waals surface area contributed by atoms with Gasteiger partial charge in [0, 0.05) is 31.7 Å². The van der Waals surface area contributed by atoms with Crippen LogP contribution in [0, 0.1) is 6.07 Å². The van der Waals surface area contributed by atoms with E-state index >= 15 is 0 Å². The predicted octanol–water partition coefficient (Wildman–Crippen LogP) is 4.84. The van der Waals surface area contributed by atoms with Crippen molar-refractivity contribution in [3.05, 3.63) is 78.7 Å². The topological polar surface area (TPSA) is 63.3 Å². The molecule has 0 saturated heterocycles. The van der Waals surface area contributed by atoms with E-state index < -0.39 is 0 Å². The van der Waals surface area contributed by atoms with Crippen LogP contribution in [0.3, 0.4) is 0 Å². The number of hydrogen-bond donors (Lipinski definition) is 1. The minimum absolute atomic E-state index is 0. The second-order valence-electron chi connectivity index (χ2n) is 5.07. The summed E-state index contributed by atoms with van der Waals surface area (Å²) >= 11 is 0. The van der Waals surface area contributed by atoms with Crippen LogP contribution in [0.5, 0.6) is 0 Å². The Bertz CT molecular complexity index is 753. The third kappa shape index (κ3) is 6.87. The van der Waals surface area contributed by atoms with Gasteiger partial charge in [-0.1, -0.05) is 35.9 Å². The quantitative estimate of drug-likeness (QED) is 0.310. The van der Waals surface area contributed by atoms with E-state index in [4.69, 9.17) is 9.52 Å². The molecule has 0 bridgehead atoms. The summed E-state index contributed by atoms with van der Waals surface area (Å²) in [6.45, 7) is 2.85. The Labute approximate surface area is 160 Å². The molecular weight excluding hydrogens is 494 g/mol. The maximum Gasteiger partial charge on any atom is 0.155 e. The molecule has 0 spiro atoms. The first-order valence-corrected chi connectivity index (χ1v) is 7.42. The second-order valence-corrected chi connectivity index (χ2v) is 5.07. The first kappa shape index (κ1) is 20.6. The molecule has 2 aromatic carbocycles. The number of aromatic nitrogens is 1. The van der Waals surface area contributed by atoms with E-state index in [0.29, 0.717) is 5.89 Å². The monoisotopic (exact) mass is 513 g/mol.